The van der Waals surface area contributed by atoms with Gasteiger partial charge in [0.25, 0.3) is 6.01 Å². The number of thiazole rings is 3. The lowest BCUT2D eigenvalue weighted by molar-refractivity contribution is -0.139. The highest BCUT2D eigenvalue weighted by Crippen LogP contribution is 2.44. The number of halogens is 3. The third-order valence-electron chi connectivity index (χ3n) is 18.2. The SMILES string of the molecule is CC(C)Nc1nc(-c2cc(OC(C)C)c3ccc(OCC(=O)O)cc3n2)cs1.CC(C)Nc1nc(-c2cc(OC(C)C)c3ccc(OCCN4CCN(C)CC4)c(Cl)c3n2)cs1.CC(C)Nc1nc(-c2cc(OC(C)C)c3ccc(OCCN4CCNCC4)c(Cl)c3n2)co1.[C-]#[N+]COc1ccc2c(OC(C)C)cc(-c3csc(NC(C)C)n3)nc2c1Cl. The van der Waals surface area contributed by atoms with Crippen LogP contribution in [-0.4, -0.2) is 213 Å². The molecule has 656 valence electrons. The number of ether oxygens (including phenoxy) is 8. The number of likely N-dealkylation sites (N-methyl/N-ethyl adjacent to an activating group) is 1. The first-order chi connectivity index (χ1) is 58.9. The molecule has 0 amide bonds. The third-order valence-corrected chi connectivity index (χ3v) is 21.6. The lowest BCUT2D eigenvalue weighted by atomic mass is 10.1. The van der Waals surface area contributed by atoms with Crippen LogP contribution in [0.2, 0.25) is 15.1 Å². The van der Waals surface area contributed by atoms with Crippen molar-refractivity contribution in [3.05, 3.63) is 128 Å². The minimum absolute atomic E-state index is 0.00464. The molecule has 0 atom stereocenters. The molecule has 28 nitrogen and oxygen atoms in total. The number of carbonyl (C=O) groups is 1. The Morgan fingerprint density at radius 1 is 0.463 bits per heavy atom. The molecule has 4 aromatic carbocycles. The van der Waals surface area contributed by atoms with Gasteiger partial charge in [0.15, 0.2) is 22.0 Å². The Balaban J connectivity index is 0.000000160. The van der Waals surface area contributed by atoms with Gasteiger partial charge in [-0.2, -0.15) is 4.98 Å². The van der Waals surface area contributed by atoms with Crippen LogP contribution in [0.5, 0.6) is 46.0 Å². The molecule has 0 aliphatic carbocycles. The van der Waals surface area contributed by atoms with Crippen LogP contribution < -0.4 is 64.5 Å². The molecule has 2 fully saturated rings. The average molecular weight is 1800 g/mol. The number of nitrogens with zero attached hydrogens (tertiary/aromatic N) is 12. The predicted molar refractivity (Wildman–Crippen MR) is 498 cm³/mol. The third kappa shape index (κ3) is 26.7. The Hall–Kier alpha value is -10.1. The first-order valence-corrected chi connectivity index (χ1v) is 45.0. The number of nitrogens with one attached hydrogen (secondary N) is 5. The highest BCUT2D eigenvalue weighted by molar-refractivity contribution is 7.14. The summed E-state index contributed by atoms with van der Waals surface area (Å²) in [5, 5.41) is 38.3. The molecule has 6 N–H and O–H groups in total. The van der Waals surface area contributed by atoms with Gasteiger partial charge in [-0.15, -0.1) is 34.0 Å². The molecule has 0 spiro atoms. The Morgan fingerprint density at radius 3 is 1.24 bits per heavy atom. The molecule has 2 saturated heterocycles. The van der Waals surface area contributed by atoms with E-state index in [0.717, 1.165) is 131 Å². The zero-order chi connectivity index (χ0) is 88.1. The summed E-state index contributed by atoms with van der Waals surface area (Å²) in [5.74, 6) is 3.91. The molecular weight excluding hydrogens is 1690 g/mol. The maximum Gasteiger partial charge on any atom is 0.357 e. The van der Waals surface area contributed by atoms with Gasteiger partial charge in [-0.25, -0.2) is 46.3 Å². The van der Waals surface area contributed by atoms with Crippen molar-refractivity contribution in [2.45, 2.75) is 159 Å². The molecule has 0 unspecified atom stereocenters. The van der Waals surface area contributed by atoms with Crippen molar-refractivity contribution < 1.29 is 52.2 Å². The van der Waals surface area contributed by atoms with Crippen LogP contribution in [0.3, 0.4) is 0 Å². The number of aliphatic carboxylic acids is 1. The molecule has 0 saturated carbocycles. The van der Waals surface area contributed by atoms with Crippen LogP contribution in [0.25, 0.3) is 94.0 Å². The second kappa shape index (κ2) is 44.5. The number of oxazole rings is 1. The number of pyridine rings is 4. The summed E-state index contributed by atoms with van der Waals surface area (Å²) < 4.78 is 52.6. The van der Waals surface area contributed by atoms with Crippen molar-refractivity contribution in [2.24, 2.45) is 0 Å². The van der Waals surface area contributed by atoms with E-state index in [1.54, 1.807) is 35.8 Å². The summed E-state index contributed by atoms with van der Waals surface area (Å²) in [4.78, 5) is 58.7. The number of rotatable bonds is 33. The van der Waals surface area contributed by atoms with Crippen molar-refractivity contribution in [3.63, 3.8) is 0 Å². The maximum absolute atomic E-state index is 10.8. The lowest BCUT2D eigenvalue weighted by Gasteiger charge is -2.32. The fourth-order valence-electron chi connectivity index (χ4n) is 12.8. The van der Waals surface area contributed by atoms with Crippen LogP contribution in [-0.2, 0) is 4.79 Å². The zero-order valence-electron chi connectivity index (χ0n) is 72.6. The molecule has 123 heavy (non-hydrogen) atoms. The number of benzene rings is 4. The summed E-state index contributed by atoms with van der Waals surface area (Å²) in [6, 6.07) is 25.7. The van der Waals surface area contributed by atoms with Gasteiger partial charge in [-0.1, -0.05) is 34.8 Å². The van der Waals surface area contributed by atoms with Gasteiger partial charge in [0.1, 0.15) is 103 Å². The Morgan fingerprint density at radius 2 is 0.846 bits per heavy atom. The summed E-state index contributed by atoms with van der Waals surface area (Å²) in [6.07, 6.45) is 1.58. The second-order valence-corrected chi connectivity index (χ2v) is 35.3. The van der Waals surface area contributed by atoms with E-state index in [2.05, 4.69) is 110 Å². The number of hydrogen-bond acceptors (Lipinski definition) is 29. The van der Waals surface area contributed by atoms with Gasteiger partial charge < -0.3 is 78.9 Å². The largest absolute Gasteiger partial charge is 0.491 e. The molecule has 2 aliphatic rings. The van der Waals surface area contributed by atoms with Gasteiger partial charge in [-0.05, 0) is 166 Å². The molecule has 10 heterocycles. The van der Waals surface area contributed by atoms with Crippen molar-refractivity contribution in [1.82, 2.24) is 59.9 Å². The molecule has 0 bridgehead atoms. The maximum atomic E-state index is 10.8. The van der Waals surface area contributed by atoms with Crippen LogP contribution in [0.15, 0.2) is 106 Å². The molecule has 8 aromatic heterocycles. The van der Waals surface area contributed by atoms with E-state index >= 15 is 0 Å². The summed E-state index contributed by atoms with van der Waals surface area (Å²) in [5.41, 5.74) is 8.09. The number of fused-ring (bicyclic) bond motifs is 4. The Kier molecular flexibility index (Phi) is 33.8. The predicted octanol–water partition coefficient (Wildman–Crippen LogP) is 20.0. The van der Waals surface area contributed by atoms with Gasteiger partial charge in [-0.3, -0.25) is 14.6 Å². The van der Waals surface area contributed by atoms with Gasteiger partial charge >= 0.3 is 12.7 Å². The molecule has 34 heteroatoms. The Bertz CT molecular complexity index is 5550. The average Bonchev–Trinajstić information content (AvgIpc) is 1.64. The molecule has 14 rings (SSSR count). The summed E-state index contributed by atoms with van der Waals surface area (Å²) in [6.45, 7) is 50.0. The van der Waals surface area contributed by atoms with Crippen LogP contribution >= 0.6 is 68.8 Å². The highest BCUT2D eigenvalue weighted by Gasteiger charge is 2.25. The van der Waals surface area contributed by atoms with Crippen molar-refractivity contribution in [1.29, 1.82) is 0 Å². The second-order valence-electron chi connectivity index (χ2n) is 31.6. The first kappa shape index (κ1) is 93.6. The minimum Gasteiger partial charge on any atom is -0.491 e. The summed E-state index contributed by atoms with van der Waals surface area (Å²) >= 11 is 24.8. The van der Waals surface area contributed by atoms with Crippen LogP contribution in [0, 0.1) is 6.57 Å². The van der Waals surface area contributed by atoms with E-state index in [1.165, 1.54) is 22.7 Å². The van der Waals surface area contributed by atoms with Crippen LogP contribution in [0.4, 0.5) is 21.4 Å². The normalized spacial score (nSPS) is 13.3. The number of anilines is 4. The summed E-state index contributed by atoms with van der Waals surface area (Å²) in [7, 11) is 2.16. The van der Waals surface area contributed by atoms with Crippen LogP contribution in [0.1, 0.15) is 111 Å². The topological polar surface area (TPSA) is 302 Å². The van der Waals surface area contributed by atoms with Gasteiger partial charge in [0.05, 0.1) is 69.3 Å². The van der Waals surface area contributed by atoms with E-state index in [1.807, 2.05) is 146 Å². The molecule has 2 aliphatic heterocycles. The number of carboxylic acids is 1. The van der Waals surface area contributed by atoms with E-state index < -0.39 is 12.6 Å². The fourth-order valence-corrected chi connectivity index (χ4v) is 16.1. The number of hydrogen-bond donors (Lipinski definition) is 6. The van der Waals surface area contributed by atoms with E-state index in [-0.39, 0.29) is 43.2 Å². The quantitative estimate of drug-likeness (QED) is 0.0208. The molecule has 12 aromatic rings. The lowest BCUT2D eigenvalue weighted by Crippen LogP contribution is -2.45. The number of aromatic nitrogens is 8. The minimum atomic E-state index is -1.03. The van der Waals surface area contributed by atoms with E-state index in [9.17, 15) is 4.79 Å². The highest BCUT2D eigenvalue weighted by atomic mass is 35.5. The van der Waals surface area contributed by atoms with Gasteiger partial charge in [0, 0.05) is 158 Å². The molecular formula is C89H110Cl3N17O11S3. The first-order valence-electron chi connectivity index (χ1n) is 41.2. The van der Waals surface area contributed by atoms with Crippen molar-refractivity contribution >= 4 is 140 Å². The van der Waals surface area contributed by atoms with E-state index in [4.69, 9.17) is 114 Å². The zero-order valence-corrected chi connectivity index (χ0v) is 77.3. The van der Waals surface area contributed by atoms with Crippen molar-refractivity contribution in [3.8, 4) is 91.5 Å². The smallest absolute Gasteiger partial charge is 0.357 e. The number of carboxylic acid groups (broad SMARTS) is 1. The fraction of sp³-hybridized carbons (Fsp3) is 0.438. The van der Waals surface area contributed by atoms with E-state index in [0.29, 0.717) is 131 Å². The standard InChI is InChI=1S/C25H34ClN5O2S.C24H32ClN5O3.C20H21ClN4O2S.C20H23N3O4S/c1-16(2)27-25-29-20(15-34-25)19-14-22(33-17(3)4)18-6-7-21(23(26)24(18)28-19)32-13-12-31-10-8-30(5)9-11-31;1-15(2)27-24-29-19(14-32-24)18-13-21(33-16(3)4)17-5-6-20(22(25)23(17)28-18)31-12-11-30-9-7-26-8-10-30;1-11(2)23-20-25-15(9-28-20)14-8-17(27-12(3)4)13-6-7-16(26-10-22-5)18(21)19(13)24-14;1-11(2)21-20-23-17(10-28-20)16-8-18(27-12(3)4)14-6-5-13(7-15(14)22-16)26-9-19(24)25/h6-7,14-17H,8-13H2,1-5H3,(H,27,29);5-6,13-16,26H,7-12H2,1-4H3,(H,27,29);6-9,11-12H,10H2,1-4H3,(H,23,25);5-8,10-12H,9H2,1-4H3,(H,21,23)(H,24,25). The Labute approximate surface area is 745 Å². The van der Waals surface area contributed by atoms with Crippen molar-refractivity contribution in [2.75, 3.05) is 120 Å². The molecule has 0 radical (unpaired) electrons. The number of piperazine rings is 2. The van der Waals surface area contributed by atoms with Gasteiger partial charge in [0.2, 0.25) is 0 Å². The monoisotopic (exact) mass is 1790 g/mol.